The van der Waals surface area contributed by atoms with Crippen molar-refractivity contribution in [3.05, 3.63) is 0 Å². The first-order valence-electron chi connectivity index (χ1n) is 0. The fourth-order valence-electron chi connectivity index (χ4n) is 0. The van der Waals surface area contributed by atoms with Gasteiger partial charge in [-0.2, -0.15) is 0 Å². The molecule has 0 unspecified atom stereocenters. The molecule has 0 aliphatic heterocycles. The first-order chi connectivity index (χ1) is 0. The molecule has 0 fully saturated rings. The van der Waals surface area contributed by atoms with Gasteiger partial charge in [-0.05, 0) is 0 Å². The van der Waals surface area contributed by atoms with E-state index in [0.29, 0.717) is 0 Å². The van der Waals surface area contributed by atoms with Gasteiger partial charge in [0.05, 0.1) is 0 Å². The van der Waals surface area contributed by atoms with Crippen molar-refractivity contribution in [3.8, 4) is 0 Å². The molecule has 0 spiro atoms. The summed E-state index contributed by atoms with van der Waals surface area (Å²) in [5.41, 5.74) is 0. The molecule has 0 N–H and O–H groups in total. The van der Waals surface area contributed by atoms with Crippen LogP contribution in [0.15, 0.2) is 0 Å². The Bertz CT molecular complexity index is 0. The van der Waals surface area contributed by atoms with Crippen molar-refractivity contribution in [1.29, 1.82) is 0 Å². The summed E-state index contributed by atoms with van der Waals surface area (Å²) in [4.78, 5) is 0. The van der Waals surface area contributed by atoms with Crippen LogP contribution >= 0.6 is 0 Å². The van der Waals surface area contributed by atoms with Gasteiger partial charge in [-0.3, -0.25) is 0 Å². The van der Waals surface area contributed by atoms with Crippen LogP contribution in [0.4, 0.5) is 0 Å². The molecule has 0 aliphatic rings. The normalized spacial score (nSPS) is 0. The molecular weight excluding hydrogens is 27.8 g/mol. The topological polar surface area (TPSA) is 0 Å². The van der Waals surface area contributed by atoms with Gasteiger partial charge < -0.3 is 0 Å². The molecule has 0 amide bonds. The Morgan fingerprint density at radius 3 is 0.250 bits per heavy atom. The second kappa shape index (κ2) is 18.2. The third-order valence-electron chi connectivity index (χ3n) is 0. The van der Waals surface area contributed by atoms with E-state index in [1.165, 1.54) is 0 Å². The van der Waals surface area contributed by atoms with Gasteiger partial charge in [-0.25, -0.2) is 0 Å². The van der Waals surface area contributed by atoms with Gasteiger partial charge in [0, 0.05) is 0 Å². The van der Waals surface area contributed by atoms with Crippen LogP contribution in [-0.2, 0) is 0 Å². The van der Waals surface area contributed by atoms with Crippen LogP contribution in [0, 0.1) is 0 Å². The molecule has 0 aromatic heterocycles. The zero-order chi connectivity index (χ0) is 0. The zero-order valence-electron chi connectivity index (χ0n) is 0. The molecule has 0 aromatic rings. The second-order valence-electron chi connectivity index (χ2n) is 0. The van der Waals surface area contributed by atoms with Crippen molar-refractivity contribution < 1.29 is 0 Å². The van der Waals surface area contributed by atoms with Crippen molar-refractivity contribution >= 4 is 75.4 Å². The van der Waals surface area contributed by atoms with E-state index in [9.17, 15) is 0 Å². The predicted molar refractivity (Wildman–Crippen MR) is 28.6 cm³/mol. The Morgan fingerprint density at radius 1 is 0.250 bits per heavy atom. The van der Waals surface area contributed by atoms with E-state index < -0.39 is 0 Å². The standard InChI is InChI=1S/4Li.4H. The molecule has 0 nitrogen and oxygen atoms in total. The molecule has 4 heavy (non-hydrogen) atoms. The summed E-state index contributed by atoms with van der Waals surface area (Å²) in [7, 11) is 0. The van der Waals surface area contributed by atoms with Gasteiger partial charge in [-0.15, -0.1) is 0 Å². The molecule has 0 heterocycles. The van der Waals surface area contributed by atoms with Gasteiger partial charge >= 0.3 is 75.4 Å². The Labute approximate surface area is 74.6 Å². The molecule has 4 heteroatoms. The summed E-state index contributed by atoms with van der Waals surface area (Å²) in [6.45, 7) is 0. The quantitative estimate of drug-likeness (QED) is 0.257. The minimum atomic E-state index is 0. The van der Waals surface area contributed by atoms with E-state index in [-0.39, 0.29) is 75.4 Å². The fraction of sp³-hybridized carbons (Fsp3) is 0. The molecule has 0 radical (unpaired) electrons. The van der Waals surface area contributed by atoms with Crippen LogP contribution in [0.2, 0.25) is 0 Å². The van der Waals surface area contributed by atoms with Crippen molar-refractivity contribution in [2.45, 2.75) is 0 Å². The summed E-state index contributed by atoms with van der Waals surface area (Å²) in [5, 5.41) is 0. The van der Waals surface area contributed by atoms with Crippen molar-refractivity contribution in [3.63, 3.8) is 0 Å². The van der Waals surface area contributed by atoms with Crippen LogP contribution < -0.4 is 0 Å². The molecule has 8 valence electrons. The summed E-state index contributed by atoms with van der Waals surface area (Å²) < 4.78 is 0. The third kappa shape index (κ3) is 8.83. The first-order valence-corrected chi connectivity index (χ1v) is 0. The van der Waals surface area contributed by atoms with Crippen LogP contribution in [-0.4, -0.2) is 75.4 Å². The molecule has 0 saturated heterocycles. The number of hydrogen-bond acceptors (Lipinski definition) is 0. The van der Waals surface area contributed by atoms with Crippen LogP contribution in [0.5, 0.6) is 0 Å². The van der Waals surface area contributed by atoms with E-state index in [0.717, 1.165) is 0 Å². The van der Waals surface area contributed by atoms with E-state index >= 15 is 0 Å². The maximum absolute atomic E-state index is 0. The summed E-state index contributed by atoms with van der Waals surface area (Å²) in [6.07, 6.45) is 0. The first kappa shape index (κ1) is 32.5. The average Bonchev–Trinajstić information content (AvgIpc) is 0. The Hall–Kier alpha value is 2.39. The number of hydrogen-bond donors (Lipinski definition) is 0. The molecule has 0 aliphatic carbocycles. The summed E-state index contributed by atoms with van der Waals surface area (Å²) in [6, 6.07) is 0. The van der Waals surface area contributed by atoms with Gasteiger partial charge in [0.15, 0.2) is 0 Å². The van der Waals surface area contributed by atoms with E-state index in [2.05, 4.69) is 0 Å². The van der Waals surface area contributed by atoms with Crippen molar-refractivity contribution in [1.82, 2.24) is 0 Å². The molecule has 0 bridgehead atoms. The Morgan fingerprint density at radius 2 is 0.250 bits per heavy atom. The Kier molecular flexibility index (Phi) is 148. The summed E-state index contributed by atoms with van der Waals surface area (Å²) in [5.74, 6) is 0. The van der Waals surface area contributed by atoms with Crippen LogP contribution in [0.3, 0.4) is 0 Å². The fourth-order valence-corrected chi connectivity index (χ4v) is 0. The van der Waals surface area contributed by atoms with E-state index in [1.54, 1.807) is 0 Å². The average molecular weight is 31.8 g/mol. The van der Waals surface area contributed by atoms with Crippen LogP contribution in [0.1, 0.15) is 0 Å². The van der Waals surface area contributed by atoms with E-state index in [1.807, 2.05) is 0 Å². The van der Waals surface area contributed by atoms with Crippen molar-refractivity contribution in [2.24, 2.45) is 0 Å². The van der Waals surface area contributed by atoms with Gasteiger partial charge in [0.25, 0.3) is 0 Å². The van der Waals surface area contributed by atoms with Gasteiger partial charge in [0.1, 0.15) is 0 Å². The van der Waals surface area contributed by atoms with Gasteiger partial charge in [-0.1, -0.05) is 0 Å². The second-order valence-corrected chi connectivity index (χ2v) is 0. The van der Waals surface area contributed by atoms with Crippen molar-refractivity contribution in [2.75, 3.05) is 0 Å². The summed E-state index contributed by atoms with van der Waals surface area (Å²) >= 11 is 0. The monoisotopic (exact) mass is 32.1 g/mol. The van der Waals surface area contributed by atoms with Gasteiger partial charge in [0.2, 0.25) is 0 Å². The minimum absolute atomic E-state index is 0. The Balaban J connectivity index is 0. The maximum atomic E-state index is 0. The molecule has 0 atom stereocenters. The number of rotatable bonds is 0. The molecule has 0 saturated carbocycles. The molecule has 0 aromatic carbocycles. The molecular formula is H4Li4. The third-order valence-corrected chi connectivity index (χ3v) is 0. The SMILES string of the molecule is [LiH].[LiH].[LiH].[LiH]. The molecule has 0 rings (SSSR count). The zero-order valence-corrected chi connectivity index (χ0v) is 0. The predicted octanol–water partition coefficient (Wildman–Crippen LogP) is -2.59. The van der Waals surface area contributed by atoms with E-state index in [4.69, 9.17) is 0 Å². The van der Waals surface area contributed by atoms with Crippen LogP contribution in [0.25, 0.3) is 0 Å².